The Kier molecular flexibility index (Phi) is 6.83. The molecule has 41 heavy (non-hydrogen) atoms. The third kappa shape index (κ3) is 5.20. The van der Waals surface area contributed by atoms with E-state index in [2.05, 4.69) is 35.9 Å². The van der Waals surface area contributed by atoms with E-state index < -0.39 is 11.4 Å². The number of carbonyl (C=O) groups excluding carboxylic acids is 1. The smallest absolute Gasteiger partial charge is 0.252 e. The number of hydrogen-bond donors (Lipinski definition) is 3. The minimum absolute atomic E-state index is 0.201. The molecule has 3 N–H and O–H groups in total. The first-order valence-electron chi connectivity index (χ1n) is 13.2. The number of ether oxygens (including phenoxy) is 1. The Balaban J connectivity index is 1.13. The van der Waals surface area contributed by atoms with Crippen LogP contribution in [-0.2, 0) is 9.53 Å². The number of aryl methyl sites for hydroxylation is 1. The van der Waals surface area contributed by atoms with Gasteiger partial charge >= 0.3 is 0 Å². The number of aromatic amines is 1. The molecule has 0 aromatic carbocycles. The van der Waals surface area contributed by atoms with Gasteiger partial charge in [-0.1, -0.05) is 6.07 Å². The molecule has 1 aliphatic heterocycles. The standard InChI is InChI=1S/C27H29FN10O3/c1-16-12-21(36-35-16)33-24-23-20(6-11-41-23)32-26(34-24)37-9-7-27(40-3,8-10-37)25(39)31-17(2)18-4-5-22(29-13-18)38-15-19(28)14-30-38/h4-6,11-15,17H,7-10H2,1-3H3,(H,31,39)(H2,32,33,34,35,36)/t17-/m0/s1. The van der Waals surface area contributed by atoms with Crippen molar-refractivity contribution in [3.05, 3.63) is 66.2 Å². The summed E-state index contributed by atoms with van der Waals surface area (Å²) in [5.41, 5.74) is 1.91. The van der Waals surface area contributed by atoms with Crippen LogP contribution in [0.25, 0.3) is 16.9 Å². The van der Waals surface area contributed by atoms with Crippen molar-refractivity contribution in [3.8, 4) is 5.82 Å². The fourth-order valence-corrected chi connectivity index (χ4v) is 4.90. The number of pyridine rings is 1. The molecule has 0 bridgehead atoms. The van der Waals surface area contributed by atoms with Crippen molar-refractivity contribution < 1.29 is 18.3 Å². The zero-order valence-electron chi connectivity index (χ0n) is 22.8. The number of hydrogen-bond acceptors (Lipinski definition) is 10. The lowest BCUT2D eigenvalue weighted by atomic mass is 9.89. The average Bonchev–Trinajstić information content (AvgIpc) is 3.74. The molecule has 6 rings (SSSR count). The lowest BCUT2D eigenvalue weighted by Crippen LogP contribution is -2.55. The molecule has 0 aliphatic carbocycles. The molecule has 6 heterocycles. The molecule has 1 aliphatic rings. The Bertz CT molecular complexity index is 1670. The summed E-state index contributed by atoms with van der Waals surface area (Å²) >= 11 is 0. The van der Waals surface area contributed by atoms with Crippen LogP contribution in [0.3, 0.4) is 0 Å². The number of amides is 1. The van der Waals surface area contributed by atoms with Crippen LogP contribution in [0.5, 0.6) is 0 Å². The fraction of sp³-hybridized carbons (Fsp3) is 0.333. The van der Waals surface area contributed by atoms with E-state index in [1.54, 1.807) is 31.7 Å². The molecule has 1 atom stereocenters. The first-order valence-corrected chi connectivity index (χ1v) is 13.2. The Hall–Kier alpha value is -4.85. The van der Waals surface area contributed by atoms with Gasteiger partial charge in [0.15, 0.2) is 28.9 Å². The van der Waals surface area contributed by atoms with Crippen LogP contribution in [-0.4, -0.2) is 66.6 Å². The van der Waals surface area contributed by atoms with Crippen LogP contribution >= 0.6 is 0 Å². The van der Waals surface area contributed by atoms with Gasteiger partial charge in [0, 0.05) is 57.1 Å². The van der Waals surface area contributed by atoms with Crippen molar-refractivity contribution in [1.82, 2.24) is 40.2 Å². The van der Waals surface area contributed by atoms with Crippen LogP contribution < -0.4 is 15.5 Å². The molecular formula is C27H29FN10O3. The van der Waals surface area contributed by atoms with Crippen molar-refractivity contribution in [2.75, 3.05) is 30.4 Å². The highest BCUT2D eigenvalue weighted by Crippen LogP contribution is 2.32. The van der Waals surface area contributed by atoms with E-state index in [4.69, 9.17) is 14.1 Å². The number of methoxy groups -OCH3 is 1. The average molecular weight is 561 g/mol. The van der Waals surface area contributed by atoms with E-state index in [9.17, 15) is 9.18 Å². The van der Waals surface area contributed by atoms with Crippen molar-refractivity contribution in [1.29, 1.82) is 0 Å². The van der Waals surface area contributed by atoms with Gasteiger partial charge in [0.2, 0.25) is 5.95 Å². The van der Waals surface area contributed by atoms with Gasteiger partial charge in [-0.05, 0) is 25.5 Å². The molecule has 13 nitrogen and oxygen atoms in total. The minimum Gasteiger partial charge on any atom is -0.459 e. The third-order valence-electron chi connectivity index (χ3n) is 7.31. The number of furan rings is 1. The molecule has 1 amide bonds. The minimum atomic E-state index is -1.00. The summed E-state index contributed by atoms with van der Waals surface area (Å²) in [6, 6.07) is 6.88. The largest absolute Gasteiger partial charge is 0.459 e. The number of rotatable bonds is 8. The summed E-state index contributed by atoms with van der Waals surface area (Å²) in [7, 11) is 1.56. The van der Waals surface area contributed by atoms with Gasteiger partial charge in [-0.3, -0.25) is 9.89 Å². The maximum atomic E-state index is 13.5. The number of piperidine rings is 1. The maximum absolute atomic E-state index is 13.5. The molecule has 0 spiro atoms. The molecule has 212 valence electrons. The van der Waals surface area contributed by atoms with Gasteiger partial charge in [0.1, 0.15) is 11.1 Å². The van der Waals surface area contributed by atoms with Crippen LogP contribution in [0.15, 0.2) is 53.5 Å². The van der Waals surface area contributed by atoms with Gasteiger partial charge < -0.3 is 24.7 Å². The fourth-order valence-electron chi connectivity index (χ4n) is 4.90. The summed E-state index contributed by atoms with van der Waals surface area (Å²) in [5.74, 6) is 1.48. The number of nitrogens with zero attached hydrogens (tertiary/aromatic N) is 7. The molecule has 1 saturated heterocycles. The van der Waals surface area contributed by atoms with E-state index in [1.807, 2.05) is 30.9 Å². The SMILES string of the molecule is COC1(C(=O)N[C@@H](C)c2ccc(-n3cc(F)cn3)nc2)CCN(c2nc(Nc3cc(C)[nH]n3)c3occc3n2)CC1. The van der Waals surface area contributed by atoms with Gasteiger partial charge in [0.25, 0.3) is 5.91 Å². The molecule has 0 unspecified atom stereocenters. The van der Waals surface area contributed by atoms with E-state index in [0.717, 1.165) is 17.5 Å². The number of fused-ring (bicyclic) bond motifs is 1. The van der Waals surface area contributed by atoms with Crippen molar-refractivity contribution in [3.63, 3.8) is 0 Å². The molecule has 1 fully saturated rings. The molecule has 5 aromatic heterocycles. The van der Waals surface area contributed by atoms with Gasteiger partial charge in [-0.15, -0.1) is 0 Å². The number of H-pyrrole nitrogens is 1. The lowest BCUT2D eigenvalue weighted by Gasteiger charge is -2.40. The van der Waals surface area contributed by atoms with Crippen molar-refractivity contribution in [2.45, 2.75) is 38.3 Å². The second-order valence-electron chi connectivity index (χ2n) is 10.0. The van der Waals surface area contributed by atoms with Gasteiger partial charge in [0.05, 0.1) is 24.7 Å². The first kappa shape index (κ1) is 26.4. The van der Waals surface area contributed by atoms with E-state index in [-0.39, 0.29) is 11.9 Å². The summed E-state index contributed by atoms with van der Waals surface area (Å²) in [6.45, 7) is 4.81. The first-order chi connectivity index (χ1) is 19.8. The second kappa shape index (κ2) is 10.6. The predicted octanol–water partition coefficient (Wildman–Crippen LogP) is 3.58. The highest BCUT2D eigenvalue weighted by atomic mass is 19.1. The summed E-state index contributed by atoms with van der Waals surface area (Å²) < 4.78 is 26.1. The number of aromatic nitrogens is 7. The Labute approximate surface area is 234 Å². The quantitative estimate of drug-likeness (QED) is 0.257. The maximum Gasteiger partial charge on any atom is 0.252 e. The predicted molar refractivity (Wildman–Crippen MR) is 147 cm³/mol. The van der Waals surface area contributed by atoms with Crippen molar-refractivity contribution >= 4 is 34.6 Å². The van der Waals surface area contributed by atoms with Crippen LogP contribution in [0.2, 0.25) is 0 Å². The Morgan fingerprint density at radius 2 is 2.05 bits per heavy atom. The zero-order chi connectivity index (χ0) is 28.6. The van der Waals surface area contributed by atoms with E-state index >= 15 is 0 Å². The van der Waals surface area contributed by atoms with E-state index in [0.29, 0.717) is 60.4 Å². The summed E-state index contributed by atoms with van der Waals surface area (Å²) in [6.07, 6.45) is 6.46. The number of carbonyl (C=O) groups is 1. The zero-order valence-corrected chi connectivity index (χ0v) is 22.8. The Morgan fingerprint density at radius 3 is 2.71 bits per heavy atom. The molecule has 0 saturated carbocycles. The van der Waals surface area contributed by atoms with Crippen molar-refractivity contribution in [2.24, 2.45) is 0 Å². The molecule has 14 heteroatoms. The molecular weight excluding hydrogens is 531 g/mol. The Morgan fingerprint density at radius 1 is 1.22 bits per heavy atom. The van der Waals surface area contributed by atoms with Crippen LogP contribution in [0.1, 0.15) is 37.1 Å². The highest BCUT2D eigenvalue weighted by molar-refractivity contribution is 5.87. The molecule has 0 radical (unpaired) electrons. The van der Waals surface area contributed by atoms with Crippen LogP contribution in [0, 0.1) is 12.7 Å². The number of anilines is 3. The highest BCUT2D eigenvalue weighted by Gasteiger charge is 2.42. The van der Waals surface area contributed by atoms with Gasteiger partial charge in [-0.25, -0.2) is 19.0 Å². The second-order valence-corrected chi connectivity index (χ2v) is 10.0. The van der Waals surface area contributed by atoms with Gasteiger partial charge in [-0.2, -0.15) is 15.2 Å². The van der Waals surface area contributed by atoms with Crippen LogP contribution in [0.4, 0.5) is 22.0 Å². The normalized spacial score (nSPS) is 15.7. The lowest BCUT2D eigenvalue weighted by molar-refractivity contribution is -0.146. The number of nitrogens with one attached hydrogen (secondary N) is 3. The topological polar surface area (TPSA) is 152 Å². The summed E-state index contributed by atoms with van der Waals surface area (Å²) in [4.78, 5) is 29.3. The molecule has 5 aromatic rings. The monoisotopic (exact) mass is 560 g/mol. The van der Waals surface area contributed by atoms with E-state index in [1.165, 1.54) is 10.9 Å². The number of halogens is 1. The third-order valence-corrected chi connectivity index (χ3v) is 7.31. The summed E-state index contributed by atoms with van der Waals surface area (Å²) in [5, 5.41) is 17.3.